The Labute approximate surface area is 459 Å². The van der Waals surface area contributed by atoms with Gasteiger partial charge in [0.05, 0.1) is 51.3 Å². The number of nitrogens with two attached hydrogens (primary N) is 2. The van der Waals surface area contributed by atoms with Crippen molar-refractivity contribution >= 4 is 110 Å². The van der Waals surface area contributed by atoms with E-state index in [1.165, 1.54) is 10.4 Å². The summed E-state index contributed by atoms with van der Waals surface area (Å²) in [6, 6.07) is 31.0. The largest absolute Gasteiger partial charge is 2.00 e. The minimum atomic E-state index is -4.51. The molecule has 1 unspecified atom stereocenters. The van der Waals surface area contributed by atoms with Crippen LogP contribution in [0, 0.1) is 0 Å². The van der Waals surface area contributed by atoms with E-state index in [9.17, 15) is 29.8 Å². The summed E-state index contributed by atoms with van der Waals surface area (Å²) in [5.74, 6) is 1.77. The summed E-state index contributed by atoms with van der Waals surface area (Å²) in [5.41, 5.74) is 11.0. The predicted octanol–water partition coefficient (Wildman–Crippen LogP) is 5.58. The van der Waals surface area contributed by atoms with E-state index in [-0.39, 0.29) is 79.3 Å². The van der Waals surface area contributed by atoms with Crippen LogP contribution in [-0.2, 0) is 56.6 Å². The van der Waals surface area contributed by atoms with E-state index in [2.05, 4.69) is 45.1 Å². The van der Waals surface area contributed by atoms with Crippen LogP contribution in [0.5, 0.6) is 0 Å². The third-order valence-corrected chi connectivity index (χ3v) is 13.7. The van der Waals surface area contributed by atoms with E-state index in [0.717, 1.165) is 56.6 Å². The summed E-state index contributed by atoms with van der Waals surface area (Å²) in [4.78, 5) is 55.2. The molecule has 407 valence electrons. The summed E-state index contributed by atoms with van der Waals surface area (Å²) in [6.45, 7) is 0.426. The zero-order valence-electron chi connectivity index (χ0n) is 38.6. The van der Waals surface area contributed by atoms with Gasteiger partial charge in [-0.3, -0.25) is 9.54 Å². The van der Waals surface area contributed by atoms with Crippen molar-refractivity contribution in [3.05, 3.63) is 109 Å². The first kappa shape index (κ1) is 58.0. The molecule has 32 heteroatoms. The number of pyridine rings is 1. The van der Waals surface area contributed by atoms with Crippen molar-refractivity contribution in [1.29, 1.82) is 0 Å². The molecular weight excluding hydrogens is 1140 g/mol. The number of nitrogen functional groups attached to an aromatic ring is 1. The number of hydrogen-bond donors (Lipinski definition) is 6. The van der Waals surface area contributed by atoms with Crippen LogP contribution in [0.1, 0.15) is 14.9 Å². The number of benzene rings is 4. The summed E-state index contributed by atoms with van der Waals surface area (Å²) in [5, 5.41) is 25.2. The third kappa shape index (κ3) is 13.0. The molecule has 0 aliphatic carbocycles. The van der Waals surface area contributed by atoms with Crippen LogP contribution < -0.4 is 31.5 Å². The molecule has 78 heavy (non-hydrogen) atoms. The fourth-order valence-corrected chi connectivity index (χ4v) is 9.54. The third-order valence-electron chi connectivity index (χ3n) is 10.8. The molecule has 1 fully saturated rings. The summed E-state index contributed by atoms with van der Waals surface area (Å²) in [6.07, 6.45) is 2.66. The van der Waals surface area contributed by atoms with Crippen molar-refractivity contribution in [1.82, 2.24) is 64.1 Å². The van der Waals surface area contributed by atoms with Crippen molar-refractivity contribution in [2.75, 3.05) is 41.6 Å². The van der Waals surface area contributed by atoms with Gasteiger partial charge in [-0.1, -0.05) is 92.7 Å². The maximum atomic E-state index is 11.4. The molecule has 5 aromatic heterocycles. The van der Waals surface area contributed by atoms with Gasteiger partial charge in [-0.05, 0) is 51.9 Å². The smallest absolute Gasteiger partial charge is 0.368 e. The fraction of sp³-hybridized carbons (Fsp3) is 0.130. The molecule has 1 saturated heterocycles. The number of primary sulfonamides is 1. The molecule has 0 saturated carbocycles. The SMILES string of the molecule is C.C.CS(N)(=O)=O.Nc1nc(NCCN2CS2(=O)=O)nc(Nc2cc(S(=O)(=O)O)ccc2SOOO)n1.[Cu+2].c1ccc2c(c1)-c1nc-2nc2[n-]c(nc3nc(nc4[n-]c(n1)c1ccccc41)-c1cccnc1-3)c1ccccc21. The topological polar surface area (TPSA) is 398 Å². The van der Waals surface area contributed by atoms with Gasteiger partial charge in [0.25, 0.3) is 10.1 Å². The molecule has 27 nitrogen and oxygen atoms in total. The Morgan fingerprint density at radius 1 is 0.692 bits per heavy atom. The van der Waals surface area contributed by atoms with Crippen molar-refractivity contribution in [2.45, 2.75) is 24.6 Å². The number of anilines is 4. The van der Waals surface area contributed by atoms with Gasteiger partial charge < -0.3 is 46.3 Å². The molecule has 1 atom stereocenters. The first-order valence-corrected chi connectivity index (χ1v) is 27.3. The number of fused-ring (bicyclic) bond motifs is 20. The summed E-state index contributed by atoms with van der Waals surface area (Å²) < 4.78 is 78.8. The van der Waals surface area contributed by atoms with Crippen molar-refractivity contribution in [3.8, 4) is 45.7 Å². The van der Waals surface area contributed by atoms with Crippen LogP contribution in [-0.4, -0.2) is 114 Å². The average molecular weight is 1190 g/mol. The molecule has 0 spiro atoms. The molecule has 3 aliphatic rings. The molecule has 3 aliphatic heterocycles. The van der Waals surface area contributed by atoms with Crippen molar-refractivity contribution < 1.29 is 61.5 Å². The number of aromatic nitrogens is 12. The van der Waals surface area contributed by atoms with Gasteiger partial charge in [-0.2, -0.15) is 27.7 Å². The predicted molar refractivity (Wildman–Crippen MR) is 288 cm³/mol. The van der Waals surface area contributed by atoms with Crippen LogP contribution in [0.15, 0.2) is 119 Å². The van der Waals surface area contributed by atoms with Crippen LogP contribution in [0.3, 0.4) is 0 Å². The molecule has 4 aromatic carbocycles. The van der Waals surface area contributed by atoms with E-state index in [1.54, 1.807) is 6.20 Å². The first-order chi connectivity index (χ1) is 35.9. The molecule has 12 rings (SSSR count). The zero-order valence-corrected chi connectivity index (χ0v) is 42.8. The first-order valence-electron chi connectivity index (χ1n) is 21.6. The van der Waals surface area contributed by atoms with Crippen LogP contribution in [0.4, 0.5) is 23.5 Å². The second-order valence-electron chi connectivity index (χ2n) is 16.0. The molecule has 8 N–H and O–H groups in total. The van der Waals surface area contributed by atoms with Crippen LogP contribution in [0.25, 0.3) is 89.8 Å². The van der Waals surface area contributed by atoms with E-state index in [0.29, 0.717) is 63.6 Å². The number of nitrogens with one attached hydrogen (secondary N) is 2. The van der Waals surface area contributed by atoms with Gasteiger partial charge in [0.2, 0.25) is 37.9 Å². The summed E-state index contributed by atoms with van der Waals surface area (Å²) in [7, 11) is -10.8. The van der Waals surface area contributed by atoms with Gasteiger partial charge >= 0.3 is 17.1 Å². The normalized spacial score (nSPS) is 13.6. The van der Waals surface area contributed by atoms with E-state index in [1.807, 2.05) is 84.9 Å². The second kappa shape index (κ2) is 23.5. The Morgan fingerprint density at radius 3 is 1.68 bits per heavy atom. The Bertz CT molecular complexity index is 3940. The standard InChI is InChI=1S/C31H15N9.C12H15N7O8S3.CH5NO2S.2CH4.Cu/c1-2-9-17-16(8-1)24-33-25(17)35-27-20-12-5-6-13-21(20)29(37-27)39-31-23-22(14-7-15-32-23)30(40-31)38-28-19-11-4-3-10-18(19)26(34-24)36-28;13-10-16-11(14-3-4-19-6-29(19,21)22)18-12(17-10)15-8-5-7(30(23,24)25)1-2-9(8)28-27-26-20;1-5(2,3)4;;;/h1-15H;1-2,5,20H,3-4,6H2,(H,23,24,25)(H4,13,14,15,16,17,18);1H3,(H2,2,3,4);2*1H4;/q-2;;;;;+2. The van der Waals surface area contributed by atoms with Crippen LogP contribution in [0.2, 0.25) is 0 Å². The van der Waals surface area contributed by atoms with Gasteiger partial charge in [0.15, 0.2) is 0 Å². The van der Waals surface area contributed by atoms with Gasteiger partial charge in [-0.15, -0.1) is 4.33 Å². The number of nitrogens with zero attached hydrogens (tertiary/aromatic N) is 13. The minimum absolute atomic E-state index is 0. The zero-order chi connectivity index (χ0) is 52.6. The monoisotopic (exact) mass is 1180 g/mol. The maximum absolute atomic E-state index is 11.4. The van der Waals surface area contributed by atoms with Crippen molar-refractivity contribution in [2.24, 2.45) is 5.14 Å². The second-order valence-corrected chi connectivity index (χ2v) is 21.8. The van der Waals surface area contributed by atoms with E-state index >= 15 is 0 Å². The van der Waals surface area contributed by atoms with Gasteiger partial charge in [-0.25, -0.2) is 37.2 Å². The van der Waals surface area contributed by atoms with Crippen LogP contribution >= 0.6 is 12.0 Å². The molecule has 1 radical (unpaired) electrons. The molecule has 8 heterocycles. The van der Waals surface area contributed by atoms with Crippen molar-refractivity contribution in [3.63, 3.8) is 0 Å². The number of rotatable bonds is 10. The molecule has 0 amide bonds. The Kier molecular flexibility index (Phi) is 17.5. The minimum Gasteiger partial charge on any atom is -0.368 e. The Hall–Kier alpha value is -7.72. The van der Waals surface area contributed by atoms with Gasteiger partial charge in [0, 0.05) is 58.6 Å². The molecule has 9 aromatic rings. The van der Waals surface area contributed by atoms with E-state index < -0.39 is 35.1 Å². The quantitative estimate of drug-likeness (QED) is 0.0243. The molecular formula is C46H43CuN17O10S4. The Balaban J connectivity index is 0.000000208. The Morgan fingerprint density at radius 2 is 1.17 bits per heavy atom. The average Bonchev–Trinajstić information content (AvgIpc) is 3.90. The maximum Gasteiger partial charge on any atom is 2.00 e. The summed E-state index contributed by atoms with van der Waals surface area (Å²) >= 11 is 0.526. The molecule has 8 bridgehead atoms. The number of sulfonamides is 2. The van der Waals surface area contributed by atoms with Gasteiger partial charge in [0.1, 0.15) is 17.4 Å². The van der Waals surface area contributed by atoms with E-state index in [4.69, 9.17) is 50.9 Å². The number of hydrogen-bond acceptors (Lipinski definition) is 23. The fourth-order valence-electron chi connectivity index (χ4n) is 7.53.